The Morgan fingerprint density at radius 1 is 1.07 bits per heavy atom. The Morgan fingerprint density at radius 3 is 2.07 bits per heavy atom. The van der Waals surface area contributed by atoms with E-state index in [-0.39, 0.29) is 0 Å². The van der Waals surface area contributed by atoms with Crippen LogP contribution >= 0.6 is 0 Å². The number of hydrogen-bond donors (Lipinski definition) is 0. The predicted molar refractivity (Wildman–Crippen MR) is 72.5 cm³/mol. The van der Waals surface area contributed by atoms with Crippen molar-refractivity contribution in [1.82, 2.24) is 9.22 Å². The molecule has 0 saturated heterocycles. The molecular weight excluding hydrogens is 216 g/mol. The van der Waals surface area contributed by atoms with Gasteiger partial charge in [-0.05, 0) is 19.2 Å². The summed E-state index contributed by atoms with van der Waals surface area (Å²) in [6, 6.07) is 6.25. The van der Waals surface area contributed by atoms with E-state index in [0.29, 0.717) is 0 Å². The van der Waals surface area contributed by atoms with Crippen LogP contribution in [0, 0.1) is 0 Å². The third-order valence-corrected chi connectivity index (χ3v) is 12.1. The smallest absolute Gasteiger partial charge is 0.169 e. The first-order chi connectivity index (χ1) is 6.76. The van der Waals surface area contributed by atoms with Crippen molar-refractivity contribution in [3.05, 3.63) is 24.4 Å². The molecule has 0 saturated carbocycles. The molecule has 0 atom stereocenters. The summed E-state index contributed by atoms with van der Waals surface area (Å²) in [4.78, 5) is 4.53. The van der Waals surface area contributed by atoms with Crippen molar-refractivity contribution in [2.24, 2.45) is 0 Å². The lowest BCUT2D eigenvalue weighted by molar-refractivity contribution is 0.764. The summed E-state index contributed by atoms with van der Waals surface area (Å²) in [7, 11) is -0.487. The van der Waals surface area contributed by atoms with E-state index in [1.165, 1.54) is 5.32 Å². The number of pyridine rings is 1. The summed E-state index contributed by atoms with van der Waals surface area (Å²) in [5.74, 6) is 0. The van der Waals surface area contributed by atoms with Gasteiger partial charge in [0.25, 0.3) is 0 Å². The van der Waals surface area contributed by atoms with Gasteiger partial charge in [-0.15, -0.1) is 0 Å². The van der Waals surface area contributed by atoms with Crippen LogP contribution in [0.2, 0.25) is 32.7 Å². The van der Waals surface area contributed by atoms with Crippen molar-refractivity contribution in [2.75, 3.05) is 7.05 Å². The molecule has 0 fully saturated rings. The molecule has 0 radical (unpaired) electrons. The SMILES string of the molecule is CN([Si](C)(C)C)[Si](C)(C)c1ccccn1. The number of nitrogens with zero attached hydrogens (tertiary/aromatic N) is 2. The second-order valence-electron chi connectivity index (χ2n) is 5.50. The lowest BCUT2D eigenvalue weighted by atomic mass is 10.5. The Bertz CT molecular complexity index is 317. The van der Waals surface area contributed by atoms with Gasteiger partial charge in [-0.1, -0.05) is 38.8 Å². The highest BCUT2D eigenvalue weighted by molar-refractivity contribution is 6.96. The minimum absolute atomic E-state index is 1.22. The minimum atomic E-state index is -1.53. The van der Waals surface area contributed by atoms with E-state index in [1.54, 1.807) is 0 Å². The van der Waals surface area contributed by atoms with Gasteiger partial charge in [0, 0.05) is 11.5 Å². The highest BCUT2D eigenvalue weighted by Gasteiger charge is 2.37. The predicted octanol–water partition coefficient (Wildman–Crippen LogP) is 2.26. The van der Waals surface area contributed by atoms with Gasteiger partial charge < -0.3 is 4.23 Å². The molecule has 2 nitrogen and oxygen atoms in total. The van der Waals surface area contributed by atoms with Gasteiger partial charge in [-0.3, -0.25) is 4.98 Å². The van der Waals surface area contributed by atoms with E-state index in [1.807, 2.05) is 12.3 Å². The van der Waals surface area contributed by atoms with Crippen LogP contribution in [0.5, 0.6) is 0 Å². The summed E-state index contributed by atoms with van der Waals surface area (Å²) in [5, 5.41) is 1.29. The van der Waals surface area contributed by atoms with Gasteiger partial charge >= 0.3 is 0 Å². The fraction of sp³-hybridized carbons (Fsp3) is 0.545. The molecule has 4 heteroatoms. The summed E-state index contributed by atoms with van der Waals surface area (Å²) in [6.45, 7) is 11.9. The fourth-order valence-corrected chi connectivity index (χ4v) is 10.0. The average Bonchev–Trinajstić information content (AvgIpc) is 2.16. The average molecular weight is 238 g/mol. The topological polar surface area (TPSA) is 16.1 Å². The highest BCUT2D eigenvalue weighted by atomic mass is 28.4. The molecule has 0 aliphatic rings. The molecule has 0 amide bonds. The minimum Gasteiger partial charge on any atom is -0.344 e. The maximum atomic E-state index is 4.53. The Hall–Kier alpha value is -0.456. The zero-order valence-corrected chi connectivity index (χ0v) is 12.7. The van der Waals surface area contributed by atoms with Crippen LogP contribution < -0.4 is 5.32 Å². The van der Waals surface area contributed by atoms with Gasteiger partial charge in [0.2, 0.25) is 0 Å². The van der Waals surface area contributed by atoms with Crippen LogP contribution in [0.15, 0.2) is 24.4 Å². The molecule has 0 bridgehead atoms. The van der Waals surface area contributed by atoms with Gasteiger partial charge in [0.15, 0.2) is 8.24 Å². The van der Waals surface area contributed by atoms with E-state index in [2.05, 4.69) is 61.1 Å². The van der Waals surface area contributed by atoms with Crippen LogP contribution in [0.4, 0.5) is 0 Å². The molecule has 1 heterocycles. The number of hydrogen-bond acceptors (Lipinski definition) is 2. The summed E-state index contributed by atoms with van der Waals surface area (Å²) >= 11 is 0. The molecule has 1 rings (SSSR count). The molecule has 0 unspecified atom stereocenters. The van der Waals surface area contributed by atoms with Crippen LogP contribution in [0.1, 0.15) is 0 Å². The van der Waals surface area contributed by atoms with Crippen LogP contribution in [-0.4, -0.2) is 32.7 Å². The lowest BCUT2D eigenvalue weighted by Gasteiger charge is -2.41. The highest BCUT2D eigenvalue weighted by Crippen LogP contribution is 2.16. The van der Waals surface area contributed by atoms with Crippen LogP contribution in [0.3, 0.4) is 0 Å². The summed E-state index contributed by atoms with van der Waals surface area (Å²) < 4.78 is 2.63. The molecule has 0 aromatic carbocycles. The molecule has 0 N–H and O–H groups in total. The van der Waals surface area contributed by atoms with Gasteiger partial charge in [0.05, 0.1) is 0 Å². The Kier molecular flexibility index (Phi) is 3.53. The Balaban J connectivity index is 3.03. The van der Waals surface area contributed by atoms with E-state index in [0.717, 1.165) is 0 Å². The third kappa shape index (κ3) is 2.77. The van der Waals surface area contributed by atoms with Crippen molar-refractivity contribution >= 4 is 21.8 Å². The van der Waals surface area contributed by atoms with E-state index < -0.39 is 16.5 Å². The number of aromatic nitrogens is 1. The molecule has 84 valence electrons. The van der Waals surface area contributed by atoms with Gasteiger partial charge in [-0.25, -0.2) is 0 Å². The second kappa shape index (κ2) is 4.19. The zero-order valence-electron chi connectivity index (χ0n) is 10.7. The second-order valence-corrected chi connectivity index (χ2v) is 15.3. The molecule has 0 aliphatic carbocycles. The third-order valence-electron chi connectivity index (χ3n) is 3.14. The van der Waals surface area contributed by atoms with Crippen molar-refractivity contribution in [3.8, 4) is 0 Å². The van der Waals surface area contributed by atoms with Gasteiger partial charge in [0.1, 0.15) is 8.24 Å². The first-order valence-corrected chi connectivity index (χ1v) is 11.8. The molecule has 0 spiro atoms. The maximum absolute atomic E-state index is 4.53. The largest absolute Gasteiger partial charge is 0.344 e. The zero-order chi connectivity index (χ0) is 11.7. The number of rotatable bonds is 3. The summed E-state index contributed by atoms with van der Waals surface area (Å²) in [5.41, 5.74) is 0. The summed E-state index contributed by atoms with van der Waals surface area (Å²) in [6.07, 6.45) is 1.90. The first kappa shape index (κ1) is 12.6. The quantitative estimate of drug-likeness (QED) is 0.751. The molecule has 1 aromatic heterocycles. The van der Waals surface area contributed by atoms with Gasteiger partial charge in [-0.2, -0.15) is 0 Å². The monoisotopic (exact) mass is 238 g/mol. The maximum Gasteiger partial charge on any atom is 0.169 e. The lowest BCUT2D eigenvalue weighted by Crippen LogP contribution is -2.65. The molecule has 0 aliphatic heterocycles. The van der Waals surface area contributed by atoms with Crippen molar-refractivity contribution < 1.29 is 0 Å². The normalized spacial score (nSPS) is 13.3. The Labute approximate surface area is 95.5 Å². The molecule has 15 heavy (non-hydrogen) atoms. The molecule has 1 aromatic rings. The van der Waals surface area contributed by atoms with Crippen LogP contribution in [0.25, 0.3) is 0 Å². The van der Waals surface area contributed by atoms with E-state index >= 15 is 0 Å². The first-order valence-electron chi connectivity index (χ1n) is 5.41. The van der Waals surface area contributed by atoms with Crippen molar-refractivity contribution in [3.63, 3.8) is 0 Å². The fourth-order valence-electron chi connectivity index (χ4n) is 1.74. The van der Waals surface area contributed by atoms with Crippen molar-refractivity contribution in [2.45, 2.75) is 32.7 Å². The van der Waals surface area contributed by atoms with E-state index in [9.17, 15) is 0 Å². The van der Waals surface area contributed by atoms with Crippen molar-refractivity contribution in [1.29, 1.82) is 0 Å². The Morgan fingerprint density at radius 2 is 1.67 bits per heavy atom. The van der Waals surface area contributed by atoms with Crippen LogP contribution in [-0.2, 0) is 0 Å². The molecular formula is C11H22N2Si2. The standard InChI is InChI=1S/C11H22N2Si2/c1-13(14(2,3)4)15(5,6)11-9-7-8-10-12-11/h7-10H,1-6H3. The van der Waals surface area contributed by atoms with E-state index in [4.69, 9.17) is 0 Å².